The van der Waals surface area contributed by atoms with Gasteiger partial charge in [-0.25, -0.2) is 9.64 Å². The molecule has 13 nitrogen and oxygen atoms in total. The first-order chi connectivity index (χ1) is 30.5. The molecule has 5 aliphatic rings. The number of fused-ring (bicyclic) bond motifs is 1. The zero-order valence-corrected chi connectivity index (χ0v) is 38.2. The molecule has 1 heterocycles. The topological polar surface area (TPSA) is 162 Å². The summed E-state index contributed by atoms with van der Waals surface area (Å²) < 4.78 is 33.8. The van der Waals surface area contributed by atoms with E-state index in [-0.39, 0.29) is 51.7 Å². The number of hydrogen-bond donors (Lipinski definition) is 0. The molecule has 342 valence electrons. The van der Waals surface area contributed by atoms with Gasteiger partial charge in [-0.15, -0.1) is 0 Å². The summed E-state index contributed by atoms with van der Waals surface area (Å²) in [5.41, 5.74) is -0.394. The van der Waals surface area contributed by atoms with Crippen LogP contribution in [0.3, 0.4) is 0 Å². The van der Waals surface area contributed by atoms with E-state index in [2.05, 4.69) is 25.3 Å². The van der Waals surface area contributed by atoms with E-state index in [1.807, 2.05) is 0 Å². The van der Waals surface area contributed by atoms with E-state index in [0.29, 0.717) is 73.0 Å². The van der Waals surface area contributed by atoms with Gasteiger partial charge in [0.05, 0.1) is 44.3 Å². The molecule has 63 heavy (non-hydrogen) atoms. The average Bonchev–Trinajstić information content (AvgIpc) is 3.74. The van der Waals surface area contributed by atoms with Crippen molar-refractivity contribution < 1.29 is 57.2 Å². The lowest BCUT2D eigenvalue weighted by Gasteiger charge is -2.31. The zero-order valence-electron chi connectivity index (χ0n) is 36.6. The summed E-state index contributed by atoms with van der Waals surface area (Å²) in [6.45, 7) is 14.7. The van der Waals surface area contributed by atoms with Crippen LogP contribution in [-0.4, -0.2) is 54.8 Å². The maximum absolute atomic E-state index is 13.6. The summed E-state index contributed by atoms with van der Waals surface area (Å²) in [4.78, 5) is 81.9. The van der Waals surface area contributed by atoms with Crippen molar-refractivity contribution in [2.45, 2.75) is 164 Å². The van der Waals surface area contributed by atoms with E-state index in [1.54, 1.807) is 0 Å². The molecular formula is C48H61NO12S2. The second-order valence-corrected chi connectivity index (χ2v) is 19.9. The Labute approximate surface area is 379 Å². The number of carbonyl (C=O) groups excluding carboxylic acids is 6. The van der Waals surface area contributed by atoms with Gasteiger partial charge in [0, 0.05) is 6.08 Å². The van der Waals surface area contributed by atoms with Crippen LogP contribution in [0.4, 0.5) is 0 Å². The van der Waals surface area contributed by atoms with Gasteiger partial charge in [0.25, 0.3) is 5.70 Å². The Morgan fingerprint density at radius 3 is 1.40 bits per heavy atom. The molecule has 1 aromatic carbocycles. The lowest BCUT2D eigenvalue weighted by atomic mass is 9.80. The minimum Gasteiger partial charge on any atom is -0.462 e. The fraction of sp³-hybridized carbons (Fsp3) is 0.646. The number of carbonyl (C=O) groups is 6. The number of rotatable bonds is 16. The average molecular weight is 908 g/mol. The Hall–Kier alpha value is -4.29. The molecule has 0 saturated heterocycles. The Balaban J connectivity index is 1.07. The maximum Gasteiger partial charge on any atom is 0.340 e. The van der Waals surface area contributed by atoms with Gasteiger partial charge in [-0.05, 0) is 127 Å². The Kier molecular flexibility index (Phi) is 18.0. The van der Waals surface area contributed by atoms with Crippen LogP contribution in [0.1, 0.15) is 142 Å². The first-order valence-electron chi connectivity index (χ1n) is 22.9. The summed E-state index contributed by atoms with van der Waals surface area (Å²) in [6.07, 6.45) is 17.0. The van der Waals surface area contributed by atoms with E-state index in [9.17, 15) is 28.8 Å². The van der Waals surface area contributed by atoms with Crippen LogP contribution in [0, 0.1) is 42.1 Å². The number of esters is 6. The molecule has 4 fully saturated rings. The fourth-order valence-electron chi connectivity index (χ4n) is 9.55. The molecule has 0 aromatic heterocycles. The Bertz CT molecular complexity index is 1800. The largest absolute Gasteiger partial charge is 0.462 e. The first-order valence-corrected chi connectivity index (χ1v) is 24.6. The van der Waals surface area contributed by atoms with Crippen LogP contribution >= 0.6 is 23.5 Å². The summed E-state index contributed by atoms with van der Waals surface area (Å²) in [5.74, 6) is -2.28. The zero-order chi connectivity index (χ0) is 44.9. The van der Waals surface area contributed by atoms with Crippen molar-refractivity contribution in [2.75, 3.05) is 6.79 Å². The van der Waals surface area contributed by atoms with Crippen LogP contribution in [0.5, 0.6) is 11.5 Å². The van der Waals surface area contributed by atoms with Crippen LogP contribution in [0.15, 0.2) is 44.5 Å². The van der Waals surface area contributed by atoms with Gasteiger partial charge in [0.1, 0.15) is 23.7 Å². The minimum atomic E-state index is -1.04. The predicted octanol–water partition coefficient (Wildman–Crippen LogP) is 10.4. The maximum atomic E-state index is 13.6. The monoisotopic (exact) mass is 907 g/mol. The highest BCUT2D eigenvalue weighted by Crippen LogP contribution is 2.59. The van der Waals surface area contributed by atoms with Crippen LogP contribution in [-0.2, 0) is 47.7 Å². The molecule has 0 spiro atoms. The third-order valence-corrected chi connectivity index (χ3v) is 15.8. The van der Waals surface area contributed by atoms with Gasteiger partial charge in [-0.3, -0.25) is 24.0 Å². The smallest absolute Gasteiger partial charge is 0.340 e. The normalized spacial score (nSPS) is 26.8. The summed E-state index contributed by atoms with van der Waals surface area (Å²) in [7, 11) is 0. The second-order valence-electron chi connectivity index (χ2n) is 17.6. The van der Waals surface area contributed by atoms with Gasteiger partial charge < -0.3 is 28.4 Å². The number of thioether (sulfide) groups is 2. The molecule has 6 rings (SSSR count). The number of benzene rings is 1. The van der Waals surface area contributed by atoms with Crippen molar-refractivity contribution in [1.82, 2.24) is 0 Å². The van der Waals surface area contributed by atoms with E-state index in [4.69, 9.17) is 35.0 Å². The van der Waals surface area contributed by atoms with Crippen molar-refractivity contribution in [1.29, 1.82) is 0 Å². The van der Waals surface area contributed by atoms with Crippen molar-refractivity contribution in [2.24, 2.45) is 35.5 Å². The molecule has 0 N–H and O–H groups in total. The molecule has 0 atom stereocenters. The lowest BCUT2D eigenvalue weighted by molar-refractivity contribution is -0.161. The van der Waals surface area contributed by atoms with Gasteiger partial charge in [0.15, 0.2) is 0 Å². The Morgan fingerprint density at radius 2 is 1.02 bits per heavy atom. The van der Waals surface area contributed by atoms with Crippen molar-refractivity contribution in [3.05, 3.63) is 46.1 Å². The van der Waals surface area contributed by atoms with Gasteiger partial charge in [0.2, 0.25) is 6.79 Å². The third kappa shape index (κ3) is 13.1. The molecule has 15 heteroatoms. The highest BCUT2D eigenvalue weighted by atomic mass is 32.2. The van der Waals surface area contributed by atoms with Crippen LogP contribution < -0.4 is 9.47 Å². The SMILES string of the molecule is [C-]#[N+]C(C(=O)OCOC(=O)C=C)=C1Sc2c(OC(=O)C3CCC(OC(=O)C4CCC(CCC)CC4)CC3)ccc(OC(=O)C3CCC(OC(=O)C4CCC(CCC)CC4)CC3)c2S1. The summed E-state index contributed by atoms with van der Waals surface area (Å²) >= 11 is 2.01. The molecule has 0 amide bonds. The molecule has 0 unspecified atom stereocenters. The van der Waals surface area contributed by atoms with E-state index in [0.717, 1.165) is 93.8 Å². The predicted molar refractivity (Wildman–Crippen MR) is 235 cm³/mol. The molecule has 4 saturated carbocycles. The highest BCUT2D eigenvalue weighted by Gasteiger charge is 2.38. The number of nitrogens with zero attached hydrogens (tertiary/aromatic N) is 1. The second kappa shape index (κ2) is 23.6. The van der Waals surface area contributed by atoms with Crippen molar-refractivity contribution in [3.8, 4) is 11.5 Å². The molecule has 4 aliphatic carbocycles. The van der Waals surface area contributed by atoms with E-state index in [1.165, 1.54) is 25.0 Å². The number of hydrogen-bond acceptors (Lipinski definition) is 14. The molecule has 0 bridgehead atoms. The van der Waals surface area contributed by atoms with Gasteiger partial charge in [-0.1, -0.05) is 69.6 Å². The molecule has 1 aliphatic heterocycles. The first kappa shape index (κ1) is 48.2. The van der Waals surface area contributed by atoms with Gasteiger partial charge >= 0.3 is 35.8 Å². The van der Waals surface area contributed by atoms with Crippen molar-refractivity contribution >= 4 is 59.3 Å². The third-order valence-electron chi connectivity index (χ3n) is 13.2. The molecular weight excluding hydrogens is 847 g/mol. The van der Waals surface area contributed by atoms with Gasteiger partial charge in [-0.2, -0.15) is 0 Å². The van der Waals surface area contributed by atoms with Crippen LogP contribution in [0.2, 0.25) is 0 Å². The number of ether oxygens (including phenoxy) is 6. The Morgan fingerprint density at radius 1 is 0.619 bits per heavy atom. The van der Waals surface area contributed by atoms with E-state index >= 15 is 0 Å². The fourth-order valence-corrected chi connectivity index (χ4v) is 12.1. The summed E-state index contributed by atoms with van der Waals surface area (Å²) in [5, 5.41) is 0. The van der Waals surface area contributed by atoms with Crippen LogP contribution in [0.25, 0.3) is 4.85 Å². The lowest BCUT2D eigenvalue weighted by Crippen LogP contribution is -2.33. The molecule has 0 radical (unpaired) electrons. The quantitative estimate of drug-likeness (QED) is 0.0384. The highest BCUT2D eigenvalue weighted by molar-refractivity contribution is 8.24. The van der Waals surface area contributed by atoms with Crippen molar-refractivity contribution in [3.63, 3.8) is 0 Å². The standard InChI is InChI=1S/C48H61NO12S2/c1-5-8-29-10-14-31(15-11-29)43(51)58-35-22-18-33(19-23-35)45(53)60-37-26-27-38(42-41(37)62-48(63-42)40(49-4)47(55)57-28-56-39(50)7-3)61-46(54)34-20-24-36(25-21-34)59-44(52)32-16-12-30(9-6-2)13-17-32/h7,26-27,29-36H,3,5-6,8-25,28H2,1-2H3. The summed E-state index contributed by atoms with van der Waals surface area (Å²) in [6, 6.07) is 3.07. The van der Waals surface area contributed by atoms with E-state index < -0.39 is 48.2 Å². The minimum absolute atomic E-state index is 0.0596. The molecule has 1 aromatic rings.